The van der Waals surface area contributed by atoms with Crippen molar-refractivity contribution in [3.05, 3.63) is 24.3 Å². The Balaban J connectivity index is 1.53. The summed E-state index contributed by atoms with van der Waals surface area (Å²) in [6.07, 6.45) is 0. The van der Waals surface area contributed by atoms with Gasteiger partial charge in [-0.3, -0.25) is 9.69 Å². The molecule has 0 atom stereocenters. The lowest BCUT2D eigenvalue weighted by atomic mass is 10.1. The van der Waals surface area contributed by atoms with Crippen LogP contribution >= 0.6 is 0 Å². The minimum Gasteiger partial charge on any atom is -0.495 e. The van der Waals surface area contributed by atoms with Gasteiger partial charge in [0.1, 0.15) is 17.9 Å². The van der Waals surface area contributed by atoms with Crippen LogP contribution in [0.4, 0.5) is 10.5 Å². The molecule has 1 fully saturated rings. The van der Waals surface area contributed by atoms with E-state index < -0.39 is 0 Å². The van der Waals surface area contributed by atoms with Crippen LogP contribution in [-0.4, -0.2) is 68.2 Å². The molecular formula is C18H24N4O4. The Hall–Kier alpha value is -2.77. The van der Waals surface area contributed by atoms with Gasteiger partial charge in [-0.15, -0.1) is 0 Å². The zero-order valence-corrected chi connectivity index (χ0v) is 15.3. The van der Waals surface area contributed by atoms with Crippen LogP contribution in [0, 0.1) is 0 Å². The van der Waals surface area contributed by atoms with E-state index in [0.29, 0.717) is 37.0 Å². The first-order valence-corrected chi connectivity index (χ1v) is 8.58. The maximum Gasteiger partial charge on any atom is 0.325 e. The lowest BCUT2D eigenvalue weighted by molar-refractivity contribution is -0.121. The van der Waals surface area contributed by atoms with Crippen molar-refractivity contribution in [2.24, 2.45) is 4.99 Å². The second-order valence-electron chi connectivity index (χ2n) is 6.88. The van der Waals surface area contributed by atoms with Crippen LogP contribution in [-0.2, 0) is 9.53 Å². The number of amides is 3. The summed E-state index contributed by atoms with van der Waals surface area (Å²) in [5.41, 5.74) is 0.388. The number of nitrogens with one attached hydrogen (secondary N) is 1. The number of methoxy groups -OCH3 is 1. The van der Waals surface area contributed by atoms with Crippen LogP contribution in [0.25, 0.3) is 0 Å². The molecule has 140 valence electrons. The highest BCUT2D eigenvalue weighted by atomic mass is 16.5. The van der Waals surface area contributed by atoms with Crippen molar-refractivity contribution in [3.63, 3.8) is 0 Å². The smallest absolute Gasteiger partial charge is 0.325 e. The van der Waals surface area contributed by atoms with E-state index in [1.165, 1.54) is 4.90 Å². The summed E-state index contributed by atoms with van der Waals surface area (Å²) in [7, 11) is 1.57. The predicted molar refractivity (Wildman–Crippen MR) is 97.8 cm³/mol. The Morgan fingerprint density at radius 1 is 1.35 bits per heavy atom. The summed E-state index contributed by atoms with van der Waals surface area (Å²) >= 11 is 0. The average Bonchev–Trinajstić information content (AvgIpc) is 3.15. The largest absolute Gasteiger partial charge is 0.495 e. The van der Waals surface area contributed by atoms with E-state index in [2.05, 4.69) is 10.3 Å². The van der Waals surface area contributed by atoms with Crippen molar-refractivity contribution in [2.75, 3.05) is 44.7 Å². The van der Waals surface area contributed by atoms with Gasteiger partial charge in [-0.25, -0.2) is 9.79 Å². The molecular weight excluding hydrogens is 336 g/mol. The molecule has 3 rings (SSSR count). The van der Waals surface area contributed by atoms with Gasteiger partial charge in [0, 0.05) is 13.1 Å². The summed E-state index contributed by atoms with van der Waals surface area (Å²) in [5, 5.41) is 2.76. The summed E-state index contributed by atoms with van der Waals surface area (Å²) in [4.78, 5) is 32.2. The van der Waals surface area contributed by atoms with Crippen LogP contribution in [0.5, 0.6) is 5.75 Å². The number of hydrogen-bond donors (Lipinski definition) is 1. The van der Waals surface area contributed by atoms with E-state index in [9.17, 15) is 9.59 Å². The SMILES string of the molecule is COc1ccccc1N1CCN(CC(=O)NCC2=NCC(C)(C)O2)C1=O. The summed E-state index contributed by atoms with van der Waals surface area (Å²) in [6.45, 7) is 5.70. The maximum absolute atomic E-state index is 12.6. The van der Waals surface area contributed by atoms with E-state index in [1.807, 2.05) is 38.1 Å². The summed E-state index contributed by atoms with van der Waals surface area (Å²) < 4.78 is 10.9. The molecule has 0 unspecified atom stereocenters. The molecule has 2 aliphatic rings. The molecule has 3 amide bonds. The molecule has 0 radical (unpaired) electrons. The molecule has 1 aromatic rings. The van der Waals surface area contributed by atoms with Gasteiger partial charge in [-0.2, -0.15) is 0 Å². The first kappa shape index (κ1) is 18.0. The Morgan fingerprint density at radius 2 is 2.12 bits per heavy atom. The lowest BCUT2D eigenvalue weighted by Crippen LogP contribution is -2.41. The second-order valence-corrected chi connectivity index (χ2v) is 6.88. The van der Waals surface area contributed by atoms with Gasteiger partial charge in [0.05, 0.1) is 25.9 Å². The first-order chi connectivity index (χ1) is 12.4. The van der Waals surface area contributed by atoms with Crippen molar-refractivity contribution >= 4 is 23.5 Å². The minimum atomic E-state index is -0.319. The number of carbonyl (C=O) groups excluding carboxylic acids is 2. The molecule has 8 heteroatoms. The fourth-order valence-corrected chi connectivity index (χ4v) is 2.96. The van der Waals surface area contributed by atoms with Gasteiger partial charge >= 0.3 is 6.03 Å². The van der Waals surface area contributed by atoms with Crippen molar-refractivity contribution < 1.29 is 19.1 Å². The molecule has 1 saturated heterocycles. The molecule has 26 heavy (non-hydrogen) atoms. The number of nitrogens with zero attached hydrogens (tertiary/aromatic N) is 3. The fraction of sp³-hybridized carbons (Fsp3) is 0.500. The van der Waals surface area contributed by atoms with Crippen molar-refractivity contribution in [1.29, 1.82) is 0 Å². The van der Waals surface area contributed by atoms with E-state index in [0.717, 1.165) is 0 Å². The van der Waals surface area contributed by atoms with Crippen LogP contribution in [0.1, 0.15) is 13.8 Å². The highest BCUT2D eigenvalue weighted by Crippen LogP contribution is 2.30. The number of aliphatic imine (C=N–C) groups is 1. The van der Waals surface area contributed by atoms with E-state index in [1.54, 1.807) is 12.0 Å². The molecule has 2 aliphatic heterocycles. The van der Waals surface area contributed by atoms with Crippen molar-refractivity contribution in [2.45, 2.75) is 19.4 Å². The molecule has 0 bridgehead atoms. The first-order valence-electron chi connectivity index (χ1n) is 8.58. The van der Waals surface area contributed by atoms with Gasteiger partial charge in [0.2, 0.25) is 11.8 Å². The molecule has 0 aliphatic carbocycles. The molecule has 0 aromatic heterocycles. The maximum atomic E-state index is 12.6. The number of anilines is 1. The van der Waals surface area contributed by atoms with Crippen molar-refractivity contribution in [1.82, 2.24) is 10.2 Å². The monoisotopic (exact) mass is 360 g/mol. The Bertz CT molecular complexity index is 732. The highest BCUT2D eigenvalue weighted by Gasteiger charge is 2.32. The zero-order valence-electron chi connectivity index (χ0n) is 15.3. The quantitative estimate of drug-likeness (QED) is 0.828. The average molecular weight is 360 g/mol. The Kier molecular flexibility index (Phi) is 5.01. The van der Waals surface area contributed by atoms with Crippen LogP contribution in [0.2, 0.25) is 0 Å². The van der Waals surface area contributed by atoms with Crippen molar-refractivity contribution in [3.8, 4) is 5.75 Å². The number of benzene rings is 1. The van der Waals surface area contributed by atoms with Crippen LogP contribution < -0.4 is 15.0 Å². The van der Waals surface area contributed by atoms with Gasteiger partial charge < -0.3 is 19.7 Å². The number of para-hydroxylation sites is 2. The van der Waals surface area contributed by atoms with Gasteiger partial charge in [-0.1, -0.05) is 12.1 Å². The van der Waals surface area contributed by atoms with E-state index >= 15 is 0 Å². The molecule has 2 heterocycles. The van der Waals surface area contributed by atoms with Crippen LogP contribution in [0.3, 0.4) is 0 Å². The Morgan fingerprint density at radius 3 is 2.81 bits per heavy atom. The second kappa shape index (κ2) is 7.23. The molecule has 0 saturated carbocycles. The van der Waals surface area contributed by atoms with Gasteiger partial charge in [-0.05, 0) is 26.0 Å². The number of rotatable bonds is 6. The normalized spacial score (nSPS) is 18.6. The minimum absolute atomic E-state index is 0.00115. The highest BCUT2D eigenvalue weighted by molar-refractivity contribution is 5.98. The summed E-state index contributed by atoms with van der Waals surface area (Å²) in [5.74, 6) is 0.911. The number of hydrogen-bond acceptors (Lipinski definition) is 5. The summed E-state index contributed by atoms with van der Waals surface area (Å²) in [6, 6.07) is 7.13. The topological polar surface area (TPSA) is 83.5 Å². The van der Waals surface area contributed by atoms with E-state index in [4.69, 9.17) is 9.47 Å². The van der Waals surface area contributed by atoms with Gasteiger partial charge in [0.25, 0.3) is 0 Å². The standard InChI is InChI=1S/C18H24N4O4/c1-18(2)12-20-16(26-18)10-19-15(23)11-21-8-9-22(17(21)24)13-6-4-5-7-14(13)25-3/h4-7H,8-12H2,1-3H3,(H,19,23). The zero-order chi connectivity index (χ0) is 18.7. The molecule has 1 aromatic carbocycles. The third kappa shape index (κ3) is 3.89. The molecule has 1 N–H and O–H groups in total. The Labute approximate surface area is 152 Å². The number of carbonyl (C=O) groups is 2. The van der Waals surface area contributed by atoms with Gasteiger partial charge in [0.15, 0.2) is 0 Å². The lowest BCUT2D eigenvalue weighted by Gasteiger charge is -2.20. The molecule has 8 nitrogen and oxygen atoms in total. The fourth-order valence-electron chi connectivity index (χ4n) is 2.96. The number of urea groups is 1. The predicted octanol–water partition coefficient (Wildman–Crippen LogP) is 1.26. The number of ether oxygens (including phenoxy) is 2. The molecule has 0 spiro atoms. The van der Waals surface area contributed by atoms with E-state index in [-0.39, 0.29) is 30.6 Å². The van der Waals surface area contributed by atoms with Crippen LogP contribution in [0.15, 0.2) is 29.3 Å². The third-order valence-electron chi connectivity index (χ3n) is 4.27. The third-order valence-corrected chi connectivity index (χ3v) is 4.27.